The van der Waals surface area contributed by atoms with Crippen LogP contribution in [0.15, 0.2) is 18.2 Å². The van der Waals surface area contributed by atoms with E-state index in [4.69, 9.17) is 5.26 Å². The van der Waals surface area contributed by atoms with Crippen LogP contribution in [-0.4, -0.2) is 26.6 Å². The van der Waals surface area contributed by atoms with Crippen molar-refractivity contribution in [2.45, 2.75) is 6.42 Å². The van der Waals surface area contributed by atoms with Crippen molar-refractivity contribution < 1.29 is 21.5 Å². The summed E-state index contributed by atoms with van der Waals surface area (Å²) in [6, 6.07) is 5.35. The van der Waals surface area contributed by atoms with Crippen molar-refractivity contribution in [3.05, 3.63) is 29.6 Å². The van der Waals surface area contributed by atoms with E-state index < -0.39 is 33.6 Å². The number of carbonyl (C=O) groups is 1. The number of amides is 1. The second-order valence-corrected chi connectivity index (χ2v) is 5.97. The quantitative estimate of drug-likeness (QED) is 0.789. The van der Waals surface area contributed by atoms with Crippen LogP contribution in [0.5, 0.6) is 0 Å². The first kappa shape index (κ1) is 14.4. The molecule has 5 nitrogen and oxygen atoms in total. The second-order valence-electron chi connectivity index (χ2n) is 4.56. The zero-order chi connectivity index (χ0) is 14.9. The highest BCUT2D eigenvalue weighted by Crippen LogP contribution is 2.29. The van der Waals surface area contributed by atoms with Gasteiger partial charge in [0.15, 0.2) is 0 Å². The minimum atomic E-state index is -4.68. The first-order chi connectivity index (χ1) is 9.30. The molecule has 1 aromatic rings. The van der Waals surface area contributed by atoms with E-state index in [1.54, 1.807) is 0 Å². The monoisotopic (exact) mass is 300 g/mol. The van der Waals surface area contributed by atoms with Gasteiger partial charge in [-0.05, 0) is 18.2 Å². The molecule has 1 aromatic carbocycles. The third kappa shape index (κ3) is 3.11. The van der Waals surface area contributed by atoms with Gasteiger partial charge in [-0.15, -0.1) is 3.89 Å². The Morgan fingerprint density at radius 1 is 1.45 bits per heavy atom. The highest BCUT2D eigenvalue weighted by Gasteiger charge is 2.34. The van der Waals surface area contributed by atoms with Crippen LogP contribution in [0.3, 0.4) is 0 Å². The molecular formula is C12H10F2N2O3S. The molecular weight excluding hydrogens is 290 g/mol. The summed E-state index contributed by atoms with van der Waals surface area (Å²) in [5.74, 6) is -2.68. The van der Waals surface area contributed by atoms with Crippen molar-refractivity contribution >= 4 is 21.8 Å². The Hall–Kier alpha value is -2.01. The summed E-state index contributed by atoms with van der Waals surface area (Å²) in [6.45, 7) is -0.0895. The van der Waals surface area contributed by atoms with Gasteiger partial charge in [-0.2, -0.15) is 13.7 Å². The van der Waals surface area contributed by atoms with Crippen molar-refractivity contribution in [2.24, 2.45) is 5.92 Å². The van der Waals surface area contributed by atoms with Crippen LogP contribution in [0.2, 0.25) is 0 Å². The van der Waals surface area contributed by atoms with Crippen LogP contribution < -0.4 is 4.90 Å². The molecule has 106 valence electrons. The molecule has 0 N–H and O–H groups in total. The Kier molecular flexibility index (Phi) is 3.72. The van der Waals surface area contributed by atoms with Crippen LogP contribution in [0.25, 0.3) is 0 Å². The number of carbonyl (C=O) groups excluding carboxylic acids is 1. The number of benzene rings is 1. The van der Waals surface area contributed by atoms with Crippen molar-refractivity contribution in [3.8, 4) is 6.07 Å². The normalized spacial score (nSPS) is 19.1. The number of nitriles is 1. The zero-order valence-corrected chi connectivity index (χ0v) is 11.0. The lowest BCUT2D eigenvalue weighted by molar-refractivity contribution is -0.117. The lowest BCUT2D eigenvalue weighted by atomic mass is 10.1. The van der Waals surface area contributed by atoms with Gasteiger partial charge < -0.3 is 4.90 Å². The van der Waals surface area contributed by atoms with Gasteiger partial charge in [0, 0.05) is 18.9 Å². The van der Waals surface area contributed by atoms with Crippen LogP contribution in [0.4, 0.5) is 14.0 Å². The van der Waals surface area contributed by atoms with Crippen LogP contribution in [0.1, 0.15) is 12.0 Å². The number of anilines is 1. The molecule has 1 amide bonds. The molecule has 20 heavy (non-hydrogen) atoms. The van der Waals surface area contributed by atoms with E-state index in [0.717, 1.165) is 11.0 Å². The molecule has 0 aromatic heterocycles. The molecule has 0 radical (unpaired) electrons. The molecule has 1 heterocycles. The smallest absolute Gasteiger partial charge is 0.302 e. The summed E-state index contributed by atoms with van der Waals surface area (Å²) in [6.07, 6.45) is -0.167. The molecule has 0 spiro atoms. The number of hydrogen-bond donors (Lipinski definition) is 0. The Morgan fingerprint density at radius 3 is 2.75 bits per heavy atom. The number of rotatable bonds is 3. The van der Waals surface area contributed by atoms with E-state index in [1.165, 1.54) is 12.1 Å². The zero-order valence-electron chi connectivity index (χ0n) is 10.2. The minimum absolute atomic E-state index is 0.0895. The molecule has 1 aliphatic heterocycles. The molecule has 1 unspecified atom stereocenters. The fourth-order valence-electron chi connectivity index (χ4n) is 2.20. The summed E-state index contributed by atoms with van der Waals surface area (Å²) in [7, 11) is -4.68. The molecule has 8 heteroatoms. The third-order valence-electron chi connectivity index (χ3n) is 3.01. The largest absolute Gasteiger partial charge is 0.309 e. The summed E-state index contributed by atoms with van der Waals surface area (Å²) in [4.78, 5) is 12.8. The van der Waals surface area contributed by atoms with Crippen molar-refractivity contribution in [1.82, 2.24) is 0 Å². The van der Waals surface area contributed by atoms with Gasteiger partial charge in [0.25, 0.3) is 0 Å². The summed E-state index contributed by atoms with van der Waals surface area (Å²) < 4.78 is 47.5. The summed E-state index contributed by atoms with van der Waals surface area (Å²) in [5.41, 5.74) is 0.0866. The third-order valence-corrected chi connectivity index (χ3v) is 3.88. The Morgan fingerprint density at radius 2 is 2.15 bits per heavy atom. The van der Waals surface area contributed by atoms with E-state index in [-0.39, 0.29) is 24.2 Å². The van der Waals surface area contributed by atoms with Crippen LogP contribution >= 0.6 is 0 Å². The minimum Gasteiger partial charge on any atom is -0.309 e. The topological polar surface area (TPSA) is 78.2 Å². The first-order valence-electron chi connectivity index (χ1n) is 5.72. The van der Waals surface area contributed by atoms with Crippen LogP contribution in [-0.2, 0) is 15.0 Å². The summed E-state index contributed by atoms with van der Waals surface area (Å²) in [5, 5.41) is 8.76. The first-order valence-corrected chi connectivity index (χ1v) is 7.28. The highest BCUT2D eigenvalue weighted by molar-refractivity contribution is 7.86. The van der Waals surface area contributed by atoms with Gasteiger partial charge >= 0.3 is 10.2 Å². The van der Waals surface area contributed by atoms with Crippen LogP contribution in [0, 0.1) is 23.1 Å². The SMILES string of the molecule is N#Cc1ccc(F)c(N2CC(CS(=O)(=O)F)CC2=O)c1. The Balaban J connectivity index is 2.26. The highest BCUT2D eigenvalue weighted by atomic mass is 32.3. The van der Waals surface area contributed by atoms with Gasteiger partial charge in [0.2, 0.25) is 5.91 Å². The van der Waals surface area contributed by atoms with E-state index >= 15 is 0 Å². The Bertz CT molecular complexity index is 697. The standard InChI is InChI=1S/C12H10F2N2O3S/c13-10-2-1-8(5-15)3-11(10)16-6-9(4-12(16)17)7-20(14,18)19/h1-3,9H,4,6-7H2. The van der Waals surface area contributed by atoms with E-state index in [1.807, 2.05) is 6.07 Å². The molecule has 1 aliphatic rings. The van der Waals surface area contributed by atoms with Gasteiger partial charge in [-0.25, -0.2) is 4.39 Å². The molecule has 1 saturated heterocycles. The predicted molar refractivity (Wildman–Crippen MR) is 66.5 cm³/mol. The van der Waals surface area contributed by atoms with Gasteiger partial charge in [-0.3, -0.25) is 4.79 Å². The maximum atomic E-state index is 13.7. The predicted octanol–water partition coefficient (Wildman–Crippen LogP) is 1.35. The van der Waals surface area contributed by atoms with E-state index in [0.29, 0.717) is 0 Å². The average molecular weight is 300 g/mol. The lowest BCUT2D eigenvalue weighted by Crippen LogP contribution is -2.26. The molecule has 2 rings (SSSR count). The maximum absolute atomic E-state index is 13.7. The van der Waals surface area contributed by atoms with E-state index in [9.17, 15) is 21.5 Å². The summed E-state index contributed by atoms with van der Waals surface area (Å²) >= 11 is 0. The molecule has 1 atom stereocenters. The number of nitrogens with zero attached hydrogens (tertiary/aromatic N) is 2. The fraction of sp³-hybridized carbons (Fsp3) is 0.333. The van der Waals surface area contributed by atoms with Crippen molar-refractivity contribution in [2.75, 3.05) is 17.2 Å². The van der Waals surface area contributed by atoms with E-state index in [2.05, 4.69) is 0 Å². The maximum Gasteiger partial charge on any atom is 0.302 e. The average Bonchev–Trinajstić information content (AvgIpc) is 2.68. The second kappa shape index (κ2) is 5.17. The van der Waals surface area contributed by atoms with Gasteiger partial charge in [0.05, 0.1) is 23.1 Å². The molecule has 0 saturated carbocycles. The van der Waals surface area contributed by atoms with Gasteiger partial charge in [0.1, 0.15) is 5.82 Å². The molecule has 1 fully saturated rings. The van der Waals surface area contributed by atoms with Crippen molar-refractivity contribution in [1.29, 1.82) is 5.26 Å². The fourth-order valence-corrected chi connectivity index (χ4v) is 2.98. The molecule has 0 aliphatic carbocycles. The van der Waals surface area contributed by atoms with Crippen molar-refractivity contribution in [3.63, 3.8) is 0 Å². The number of hydrogen-bond acceptors (Lipinski definition) is 4. The molecule has 0 bridgehead atoms. The lowest BCUT2D eigenvalue weighted by Gasteiger charge is -2.17. The van der Waals surface area contributed by atoms with Gasteiger partial charge in [-0.1, -0.05) is 0 Å². The number of halogens is 2. The Labute approximate surface area is 114 Å².